The smallest absolute Gasteiger partial charge is 0.164 e. The molecule has 0 saturated carbocycles. The largest absolute Gasteiger partial charge is 0.208 e. The molecule has 0 radical (unpaired) electrons. The second-order valence-corrected chi connectivity index (χ2v) is 11.5. The van der Waals surface area contributed by atoms with Crippen molar-refractivity contribution in [2.45, 2.75) is 0 Å². The number of fused-ring (bicyclic) bond motifs is 2. The van der Waals surface area contributed by atoms with Gasteiger partial charge in [-0.3, -0.25) is 0 Å². The third-order valence-electron chi connectivity index (χ3n) is 8.15. The molecule has 0 unspecified atom stereocenters. The lowest BCUT2D eigenvalue weighted by molar-refractivity contribution is 1.08. The predicted molar refractivity (Wildman–Crippen MR) is 187 cm³/mol. The van der Waals surface area contributed by atoms with Gasteiger partial charge in [0.1, 0.15) is 0 Å². The molecule has 3 nitrogen and oxygen atoms in total. The van der Waals surface area contributed by atoms with Crippen molar-refractivity contribution in [3.8, 4) is 56.4 Å². The number of hydrogen-bond donors (Lipinski definition) is 0. The maximum Gasteiger partial charge on any atom is 0.164 e. The summed E-state index contributed by atoms with van der Waals surface area (Å²) in [5.74, 6) is 1.86. The van der Waals surface area contributed by atoms with Gasteiger partial charge in [-0.15, -0.1) is 0 Å². The molecular weight excluding hydrogens is 570 g/mol. The van der Waals surface area contributed by atoms with Crippen LogP contribution in [0.5, 0.6) is 0 Å². The molecule has 4 heteroatoms. The van der Waals surface area contributed by atoms with Crippen LogP contribution in [-0.2, 0) is 0 Å². The van der Waals surface area contributed by atoms with E-state index < -0.39 is 0 Å². The Morgan fingerprint density at radius 3 is 1.78 bits per heavy atom. The van der Waals surface area contributed by atoms with Crippen LogP contribution in [0, 0.1) is 0 Å². The van der Waals surface area contributed by atoms with Gasteiger partial charge in [-0.05, 0) is 74.1 Å². The molecule has 1 heterocycles. The summed E-state index contributed by atoms with van der Waals surface area (Å²) in [4.78, 5) is 15.4. The minimum atomic E-state index is 0.611. The van der Waals surface area contributed by atoms with Crippen LogP contribution in [0.15, 0.2) is 158 Å². The number of rotatable bonds is 5. The van der Waals surface area contributed by atoms with E-state index in [2.05, 4.69) is 127 Å². The minimum absolute atomic E-state index is 0.611. The highest BCUT2D eigenvalue weighted by atomic mass is 35.5. The second-order valence-electron chi connectivity index (χ2n) is 11.0. The first-order chi connectivity index (χ1) is 22.2. The van der Waals surface area contributed by atoms with Gasteiger partial charge >= 0.3 is 0 Å². The Kier molecular flexibility index (Phi) is 6.86. The molecule has 1 aromatic heterocycles. The fourth-order valence-corrected chi connectivity index (χ4v) is 6.16. The van der Waals surface area contributed by atoms with Gasteiger partial charge in [-0.1, -0.05) is 139 Å². The molecule has 8 rings (SSSR count). The average molecular weight is 596 g/mol. The fraction of sp³-hybridized carbons (Fsp3) is 0. The van der Waals surface area contributed by atoms with E-state index in [-0.39, 0.29) is 0 Å². The number of benzene rings is 7. The van der Waals surface area contributed by atoms with Crippen LogP contribution in [0.4, 0.5) is 0 Å². The van der Waals surface area contributed by atoms with Crippen LogP contribution < -0.4 is 0 Å². The molecule has 0 saturated heterocycles. The Hall–Kier alpha value is -5.64. The molecule has 7 aromatic carbocycles. The summed E-state index contributed by atoms with van der Waals surface area (Å²) < 4.78 is 0. The summed E-state index contributed by atoms with van der Waals surface area (Å²) in [5.41, 5.74) is 7.08. The number of nitrogens with zero attached hydrogens (tertiary/aromatic N) is 3. The predicted octanol–water partition coefficient (Wildman–Crippen LogP) is 11.2. The monoisotopic (exact) mass is 595 g/mol. The van der Waals surface area contributed by atoms with Crippen LogP contribution in [0.1, 0.15) is 0 Å². The molecular formula is C41H26ClN3. The van der Waals surface area contributed by atoms with Gasteiger partial charge in [0.2, 0.25) is 0 Å². The van der Waals surface area contributed by atoms with E-state index in [0.717, 1.165) is 55.1 Å². The third kappa shape index (κ3) is 5.24. The van der Waals surface area contributed by atoms with Crippen LogP contribution in [0.3, 0.4) is 0 Å². The van der Waals surface area contributed by atoms with Gasteiger partial charge in [-0.25, -0.2) is 15.0 Å². The van der Waals surface area contributed by atoms with E-state index in [1.165, 1.54) is 5.39 Å². The molecule has 0 atom stereocenters. The lowest BCUT2D eigenvalue weighted by Gasteiger charge is -2.14. The van der Waals surface area contributed by atoms with Crippen molar-refractivity contribution < 1.29 is 0 Å². The normalized spacial score (nSPS) is 11.2. The quantitative estimate of drug-likeness (QED) is 0.199. The van der Waals surface area contributed by atoms with E-state index in [1.807, 2.05) is 30.3 Å². The summed E-state index contributed by atoms with van der Waals surface area (Å²) in [5, 5.41) is 5.24. The number of halogens is 1. The van der Waals surface area contributed by atoms with Crippen molar-refractivity contribution >= 4 is 33.1 Å². The molecule has 45 heavy (non-hydrogen) atoms. The van der Waals surface area contributed by atoms with Crippen LogP contribution in [0.25, 0.3) is 78.0 Å². The van der Waals surface area contributed by atoms with Gasteiger partial charge in [-0.2, -0.15) is 0 Å². The summed E-state index contributed by atoms with van der Waals surface area (Å²) in [6, 6.07) is 54.1. The zero-order valence-corrected chi connectivity index (χ0v) is 25.0. The lowest BCUT2D eigenvalue weighted by Crippen LogP contribution is -2.01. The van der Waals surface area contributed by atoms with Gasteiger partial charge < -0.3 is 0 Å². The molecule has 0 amide bonds. The van der Waals surface area contributed by atoms with Gasteiger partial charge in [0.05, 0.1) is 0 Å². The highest BCUT2D eigenvalue weighted by molar-refractivity contribution is 6.31. The maximum absolute atomic E-state index is 6.45. The molecule has 0 aliphatic heterocycles. The SMILES string of the molecule is Clc1cccc(-c2cc(-c3nc(-c4ccc5ccccc5c4)nc(-c4ccccc4-c4ccccc4)n3)cc3ccccc23)c1. The van der Waals surface area contributed by atoms with Crippen molar-refractivity contribution in [1.29, 1.82) is 0 Å². The summed E-state index contributed by atoms with van der Waals surface area (Å²) in [6.07, 6.45) is 0. The van der Waals surface area contributed by atoms with Gasteiger partial charge in [0.25, 0.3) is 0 Å². The van der Waals surface area contributed by atoms with Crippen molar-refractivity contribution in [3.05, 3.63) is 163 Å². The van der Waals surface area contributed by atoms with Crippen LogP contribution in [-0.4, -0.2) is 15.0 Å². The Morgan fingerprint density at radius 1 is 0.333 bits per heavy atom. The lowest BCUT2D eigenvalue weighted by atomic mass is 9.95. The Morgan fingerprint density at radius 2 is 0.956 bits per heavy atom. The molecule has 0 aliphatic carbocycles. The standard InChI is InChI=1S/C41H26ClN3/c42-34-17-10-16-31(25-34)38-26-33(24-30-15-6-7-19-36(30)38)40-43-39(32-22-21-27-11-4-5-14-29(27)23-32)44-41(45-40)37-20-9-8-18-35(37)28-12-2-1-3-13-28/h1-26H. The Labute approximate surface area is 266 Å². The molecule has 0 bridgehead atoms. The van der Waals surface area contributed by atoms with Crippen molar-refractivity contribution in [2.24, 2.45) is 0 Å². The van der Waals surface area contributed by atoms with Crippen molar-refractivity contribution in [3.63, 3.8) is 0 Å². The van der Waals surface area contributed by atoms with E-state index in [4.69, 9.17) is 26.6 Å². The van der Waals surface area contributed by atoms with Gasteiger partial charge in [0, 0.05) is 21.7 Å². The molecule has 0 spiro atoms. The van der Waals surface area contributed by atoms with E-state index in [9.17, 15) is 0 Å². The Bertz CT molecular complexity index is 2350. The van der Waals surface area contributed by atoms with E-state index >= 15 is 0 Å². The first-order valence-electron chi connectivity index (χ1n) is 14.9. The third-order valence-corrected chi connectivity index (χ3v) is 8.39. The topological polar surface area (TPSA) is 38.7 Å². The van der Waals surface area contributed by atoms with Crippen LogP contribution in [0.2, 0.25) is 5.02 Å². The highest BCUT2D eigenvalue weighted by Crippen LogP contribution is 2.37. The molecule has 0 fully saturated rings. The van der Waals surface area contributed by atoms with E-state index in [1.54, 1.807) is 0 Å². The molecule has 0 aliphatic rings. The molecule has 212 valence electrons. The minimum Gasteiger partial charge on any atom is -0.208 e. The maximum atomic E-state index is 6.45. The van der Waals surface area contributed by atoms with Gasteiger partial charge in [0.15, 0.2) is 17.5 Å². The molecule has 0 N–H and O–H groups in total. The van der Waals surface area contributed by atoms with E-state index in [0.29, 0.717) is 22.5 Å². The highest BCUT2D eigenvalue weighted by Gasteiger charge is 2.17. The summed E-state index contributed by atoms with van der Waals surface area (Å²) in [7, 11) is 0. The first-order valence-corrected chi connectivity index (χ1v) is 15.3. The first kappa shape index (κ1) is 26.9. The zero-order valence-electron chi connectivity index (χ0n) is 24.2. The Balaban J connectivity index is 1.39. The zero-order chi connectivity index (χ0) is 30.2. The number of aromatic nitrogens is 3. The summed E-state index contributed by atoms with van der Waals surface area (Å²) in [6.45, 7) is 0. The summed E-state index contributed by atoms with van der Waals surface area (Å²) >= 11 is 6.45. The van der Waals surface area contributed by atoms with Crippen molar-refractivity contribution in [2.75, 3.05) is 0 Å². The number of hydrogen-bond acceptors (Lipinski definition) is 3. The fourth-order valence-electron chi connectivity index (χ4n) is 5.97. The average Bonchev–Trinajstić information content (AvgIpc) is 3.11. The second kappa shape index (κ2) is 11.5. The van der Waals surface area contributed by atoms with Crippen molar-refractivity contribution in [1.82, 2.24) is 15.0 Å². The molecule has 8 aromatic rings. The van der Waals surface area contributed by atoms with Crippen LogP contribution >= 0.6 is 11.6 Å².